The number of hydrogen-bond donors (Lipinski definition) is 1. The Labute approximate surface area is 186 Å². The van der Waals surface area contributed by atoms with Gasteiger partial charge >= 0.3 is 0 Å². The Morgan fingerprint density at radius 1 is 1.15 bits per heavy atom. The molecule has 0 spiro atoms. The minimum atomic E-state index is -4.34. The summed E-state index contributed by atoms with van der Waals surface area (Å²) < 4.78 is 83.2. The van der Waals surface area contributed by atoms with Crippen LogP contribution in [0.5, 0.6) is 11.8 Å². The highest BCUT2D eigenvalue weighted by Gasteiger charge is 2.23. The molecule has 0 atom stereocenters. The molecule has 1 aromatic carbocycles. The smallest absolute Gasteiger partial charge is 0.272 e. The monoisotopic (exact) mass is 487 g/mol. The molecular weight excluding hydrogens is 467 g/mol. The Balaban J connectivity index is 2.00. The number of rotatable bonds is 10. The summed E-state index contributed by atoms with van der Waals surface area (Å²) in [6.45, 7) is -0.529. The molecule has 2 heterocycles. The predicted octanol–water partition coefficient (Wildman–Crippen LogP) is 2.64. The molecule has 13 heteroatoms. The number of benzene rings is 1. The fourth-order valence-corrected chi connectivity index (χ4v) is 4.29. The lowest BCUT2D eigenvalue weighted by Gasteiger charge is -2.15. The average Bonchev–Trinajstić information content (AvgIpc) is 2.77. The van der Waals surface area contributed by atoms with Gasteiger partial charge < -0.3 is 18.8 Å². The number of methoxy groups -OCH3 is 2. The van der Waals surface area contributed by atoms with E-state index < -0.39 is 46.2 Å². The van der Waals surface area contributed by atoms with Crippen LogP contribution < -0.4 is 19.8 Å². The third-order valence-corrected chi connectivity index (χ3v) is 5.92. The standard InChI is InChI=1S/C20H20F3N3O6S/c1-30-9-8-26-7-6-12-13(20(26)27)4-3-5-16(12)33(28,29)25-15-10-14(21)18(24-19(15)31-2)32-11-17(22)23/h3-7,10,17,25H,8-9,11H2,1-2H3. The molecule has 178 valence electrons. The zero-order valence-electron chi connectivity index (χ0n) is 17.5. The molecule has 0 fully saturated rings. The third-order valence-electron chi connectivity index (χ3n) is 4.50. The van der Waals surface area contributed by atoms with Crippen molar-refractivity contribution < 1.29 is 35.8 Å². The number of fused-ring (bicyclic) bond motifs is 1. The van der Waals surface area contributed by atoms with E-state index in [-0.39, 0.29) is 27.9 Å². The largest absolute Gasteiger partial charge is 0.479 e. The van der Waals surface area contributed by atoms with Crippen LogP contribution in [0.15, 0.2) is 46.2 Å². The van der Waals surface area contributed by atoms with Crippen molar-refractivity contribution in [1.82, 2.24) is 9.55 Å². The Bertz CT molecular complexity index is 1310. The number of halogens is 3. The fourth-order valence-electron chi connectivity index (χ4n) is 3.02. The first-order chi connectivity index (χ1) is 15.7. The summed E-state index contributed by atoms with van der Waals surface area (Å²) in [7, 11) is -1.72. The van der Waals surface area contributed by atoms with Gasteiger partial charge in [-0.1, -0.05) is 6.07 Å². The molecule has 2 aromatic heterocycles. The molecule has 9 nitrogen and oxygen atoms in total. The van der Waals surface area contributed by atoms with Crippen molar-refractivity contribution in [2.45, 2.75) is 17.9 Å². The van der Waals surface area contributed by atoms with Crippen LogP contribution in [0, 0.1) is 5.82 Å². The highest BCUT2D eigenvalue weighted by Crippen LogP contribution is 2.31. The Morgan fingerprint density at radius 3 is 2.58 bits per heavy atom. The molecule has 3 rings (SSSR count). The van der Waals surface area contributed by atoms with Gasteiger partial charge in [0.2, 0.25) is 5.88 Å². The van der Waals surface area contributed by atoms with E-state index in [1.807, 2.05) is 0 Å². The quantitative estimate of drug-likeness (QED) is 0.468. The van der Waals surface area contributed by atoms with E-state index in [0.29, 0.717) is 12.7 Å². The number of nitrogens with zero attached hydrogens (tertiary/aromatic N) is 2. The molecule has 0 aliphatic heterocycles. The number of sulfonamides is 1. The van der Waals surface area contributed by atoms with E-state index in [0.717, 1.165) is 7.11 Å². The molecule has 0 saturated heterocycles. The van der Waals surface area contributed by atoms with Gasteiger partial charge in [-0.25, -0.2) is 21.6 Å². The second kappa shape index (κ2) is 10.1. The number of pyridine rings is 2. The van der Waals surface area contributed by atoms with Gasteiger partial charge in [-0.2, -0.15) is 4.98 Å². The van der Waals surface area contributed by atoms with Crippen LogP contribution in [0.4, 0.5) is 18.9 Å². The lowest BCUT2D eigenvalue weighted by atomic mass is 10.2. The summed E-state index contributed by atoms with van der Waals surface area (Å²) >= 11 is 0. The molecule has 0 aliphatic rings. The van der Waals surface area contributed by atoms with E-state index in [1.54, 1.807) is 0 Å². The van der Waals surface area contributed by atoms with Gasteiger partial charge in [0.1, 0.15) is 5.69 Å². The minimum absolute atomic E-state index is 0.146. The number of nitrogens with one attached hydrogen (secondary N) is 1. The number of ether oxygens (including phenoxy) is 3. The first-order valence-electron chi connectivity index (χ1n) is 9.47. The van der Waals surface area contributed by atoms with Gasteiger partial charge in [0.15, 0.2) is 12.4 Å². The van der Waals surface area contributed by atoms with E-state index in [1.165, 1.54) is 42.1 Å². The van der Waals surface area contributed by atoms with Gasteiger partial charge in [0, 0.05) is 36.7 Å². The topological polar surface area (TPSA) is 109 Å². The van der Waals surface area contributed by atoms with Crippen LogP contribution in [-0.2, 0) is 21.3 Å². The van der Waals surface area contributed by atoms with Crippen LogP contribution in [0.2, 0.25) is 0 Å². The highest BCUT2D eigenvalue weighted by atomic mass is 32.2. The van der Waals surface area contributed by atoms with Crippen molar-refractivity contribution in [2.75, 3.05) is 32.2 Å². The Morgan fingerprint density at radius 2 is 1.91 bits per heavy atom. The molecular formula is C20H20F3N3O6S. The average molecular weight is 487 g/mol. The molecule has 0 saturated carbocycles. The zero-order chi connectivity index (χ0) is 24.2. The van der Waals surface area contributed by atoms with Crippen molar-refractivity contribution in [1.29, 1.82) is 0 Å². The first kappa shape index (κ1) is 24.3. The third kappa shape index (κ3) is 5.37. The fraction of sp³-hybridized carbons (Fsp3) is 0.300. The molecule has 0 radical (unpaired) electrons. The lowest BCUT2D eigenvalue weighted by Crippen LogP contribution is -2.22. The van der Waals surface area contributed by atoms with Crippen molar-refractivity contribution in [3.8, 4) is 11.8 Å². The van der Waals surface area contributed by atoms with Crippen molar-refractivity contribution in [2.24, 2.45) is 0 Å². The second-order valence-electron chi connectivity index (χ2n) is 6.66. The molecule has 0 aliphatic carbocycles. The predicted molar refractivity (Wildman–Crippen MR) is 113 cm³/mol. The van der Waals surface area contributed by atoms with E-state index in [2.05, 4.69) is 14.4 Å². The Hall–Kier alpha value is -3.32. The number of hydrogen-bond acceptors (Lipinski definition) is 7. The summed E-state index contributed by atoms with van der Waals surface area (Å²) in [5.74, 6) is -2.34. The molecule has 0 amide bonds. The van der Waals surface area contributed by atoms with Gasteiger partial charge in [0.25, 0.3) is 27.9 Å². The molecule has 0 bridgehead atoms. The van der Waals surface area contributed by atoms with Crippen molar-refractivity contribution in [3.05, 3.63) is 52.7 Å². The summed E-state index contributed by atoms with van der Waals surface area (Å²) in [5.41, 5.74) is -0.794. The minimum Gasteiger partial charge on any atom is -0.479 e. The van der Waals surface area contributed by atoms with Gasteiger partial charge in [-0.3, -0.25) is 9.52 Å². The van der Waals surface area contributed by atoms with Crippen LogP contribution in [0.1, 0.15) is 0 Å². The van der Waals surface area contributed by atoms with E-state index >= 15 is 0 Å². The number of anilines is 1. The summed E-state index contributed by atoms with van der Waals surface area (Å²) in [6.07, 6.45) is -1.42. The lowest BCUT2D eigenvalue weighted by molar-refractivity contribution is 0.0770. The molecule has 3 aromatic rings. The zero-order valence-corrected chi connectivity index (χ0v) is 18.4. The van der Waals surface area contributed by atoms with Gasteiger partial charge in [-0.15, -0.1) is 0 Å². The summed E-state index contributed by atoms with van der Waals surface area (Å²) in [5, 5.41) is 0.302. The SMILES string of the molecule is COCCn1ccc2c(S(=O)(=O)Nc3cc(F)c(OCC(F)F)nc3OC)cccc2c1=O. The molecule has 33 heavy (non-hydrogen) atoms. The molecule has 0 unspecified atom stereocenters. The normalized spacial score (nSPS) is 11.7. The maximum absolute atomic E-state index is 14.3. The highest BCUT2D eigenvalue weighted by molar-refractivity contribution is 7.93. The first-order valence-corrected chi connectivity index (χ1v) is 11.0. The summed E-state index contributed by atoms with van der Waals surface area (Å²) in [4.78, 5) is 16.1. The summed E-state index contributed by atoms with van der Waals surface area (Å²) in [6, 6.07) is 6.33. The van der Waals surface area contributed by atoms with E-state index in [9.17, 15) is 26.4 Å². The number of aromatic nitrogens is 2. The van der Waals surface area contributed by atoms with E-state index in [4.69, 9.17) is 9.47 Å². The van der Waals surface area contributed by atoms with Crippen LogP contribution in [0.3, 0.4) is 0 Å². The van der Waals surface area contributed by atoms with Gasteiger partial charge in [-0.05, 0) is 18.2 Å². The van der Waals surface area contributed by atoms with Gasteiger partial charge in [0.05, 0.1) is 18.6 Å². The van der Waals surface area contributed by atoms with Crippen LogP contribution >= 0.6 is 0 Å². The van der Waals surface area contributed by atoms with Crippen molar-refractivity contribution >= 4 is 26.5 Å². The van der Waals surface area contributed by atoms with Crippen LogP contribution in [0.25, 0.3) is 10.8 Å². The maximum atomic E-state index is 14.3. The Kier molecular flexibility index (Phi) is 7.43. The van der Waals surface area contributed by atoms with Crippen LogP contribution in [-0.4, -0.2) is 51.8 Å². The molecule has 1 N–H and O–H groups in total. The second-order valence-corrected chi connectivity index (χ2v) is 8.32. The number of alkyl halides is 2. The van der Waals surface area contributed by atoms with Crippen molar-refractivity contribution in [3.63, 3.8) is 0 Å². The maximum Gasteiger partial charge on any atom is 0.272 e.